The van der Waals surface area contributed by atoms with Crippen molar-refractivity contribution in [3.8, 4) is 0 Å². The minimum Gasteiger partial charge on any atom is -0.480 e. The summed E-state index contributed by atoms with van der Waals surface area (Å²) in [4.78, 5) is 57.4. The molecule has 2 heterocycles. The van der Waals surface area contributed by atoms with E-state index >= 15 is 0 Å². The quantitative estimate of drug-likeness (QED) is 0.138. The summed E-state index contributed by atoms with van der Waals surface area (Å²) in [5, 5.41) is 20.6. The van der Waals surface area contributed by atoms with Crippen LogP contribution in [0.15, 0.2) is 12.5 Å². The Morgan fingerprint density at radius 2 is 1.89 bits per heavy atom. The molecule has 1 saturated heterocycles. The monoisotopic (exact) mass is 511 g/mol. The molecule has 1 aromatic rings. The van der Waals surface area contributed by atoms with Gasteiger partial charge in [-0.3, -0.25) is 14.4 Å². The van der Waals surface area contributed by atoms with Crippen LogP contribution in [0.4, 0.5) is 0 Å². The first kappa shape index (κ1) is 28.6. The molecule has 1 aliphatic heterocycles. The van der Waals surface area contributed by atoms with Gasteiger partial charge >= 0.3 is 5.97 Å². The largest absolute Gasteiger partial charge is 0.480 e. The third-order valence-corrected chi connectivity index (χ3v) is 6.44. The molecule has 0 spiro atoms. The number of unbranched alkanes of at least 4 members (excludes halogenated alkanes) is 1. The number of aromatic nitrogens is 2. The smallest absolute Gasteiger partial charge is 0.326 e. The molecule has 0 bridgehead atoms. The molecular weight excluding hydrogens is 474 g/mol. The van der Waals surface area contributed by atoms with E-state index in [-0.39, 0.29) is 24.8 Å². The number of carbonyl (C=O) groups excluding carboxylic acids is 3. The highest BCUT2D eigenvalue weighted by atomic mass is 32.2. The van der Waals surface area contributed by atoms with Crippen molar-refractivity contribution in [1.82, 2.24) is 31.2 Å². The molecule has 12 nitrogen and oxygen atoms in total. The fraction of sp³-hybridized carbons (Fsp3) is 0.682. The van der Waals surface area contributed by atoms with Gasteiger partial charge in [0.05, 0.1) is 12.4 Å². The number of aromatic amines is 1. The number of amides is 3. The van der Waals surface area contributed by atoms with Gasteiger partial charge in [0.15, 0.2) is 0 Å². The minimum absolute atomic E-state index is 0.160. The Labute approximate surface area is 209 Å². The van der Waals surface area contributed by atoms with Gasteiger partial charge in [0.25, 0.3) is 0 Å². The molecule has 3 amide bonds. The zero-order valence-corrected chi connectivity index (χ0v) is 20.9. The van der Waals surface area contributed by atoms with Crippen LogP contribution in [0, 0.1) is 0 Å². The van der Waals surface area contributed by atoms with E-state index in [1.807, 2.05) is 6.26 Å². The van der Waals surface area contributed by atoms with E-state index in [0.717, 1.165) is 13.0 Å². The molecule has 0 aliphatic carbocycles. The summed E-state index contributed by atoms with van der Waals surface area (Å²) in [6, 6.07) is -3.33. The normalized spacial score (nSPS) is 17.8. The van der Waals surface area contributed by atoms with Gasteiger partial charge < -0.3 is 37.1 Å². The van der Waals surface area contributed by atoms with Gasteiger partial charge in [0.1, 0.15) is 18.1 Å². The zero-order valence-electron chi connectivity index (χ0n) is 20.0. The number of hydrogen-bond acceptors (Lipinski definition) is 8. The topological polar surface area (TPSA) is 191 Å². The first-order valence-electron chi connectivity index (χ1n) is 11.9. The Morgan fingerprint density at radius 3 is 2.49 bits per heavy atom. The molecular formula is C22H37N7O5S. The van der Waals surface area contributed by atoms with Crippen molar-refractivity contribution >= 4 is 35.5 Å². The number of aliphatic carboxylic acids is 1. The van der Waals surface area contributed by atoms with Crippen LogP contribution in [-0.2, 0) is 25.6 Å². The molecule has 2 rings (SSSR count). The van der Waals surface area contributed by atoms with E-state index in [0.29, 0.717) is 43.7 Å². The number of carboxylic acids is 1. The number of nitrogens with one attached hydrogen (secondary N) is 5. The lowest BCUT2D eigenvalue weighted by Gasteiger charge is -2.25. The standard InChI is InChI=1S/C22H37N7O5S/c1-35-10-7-17(22(33)34)28-20(31)16(5-2-3-8-23)27-21(32)18(11-14-12-24-13-26-14)29-19(30)15-6-4-9-25-15/h12-13,15-18,25H,2-11,23H2,1H3,(H,24,26)(H,27,32)(H,28,31)(H,29,30)(H,33,34). The number of H-pyrrole nitrogens is 1. The van der Waals surface area contributed by atoms with E-state index in [1.165, 1.54) is 18.1 Å². The van der Waals surface area contributed by atoms with Gasteiger partial charge in [0, 0.05) is 18.3 Å². The number of carboxylic acid groups (broad SMARTS) is 1. The van der Waals surface area contributed by atoms with Crippen LogP contribution in [0.2, 0.25) is 0 Å². The second-order valence-electron chi connectivity index (χ2n) is 8.52. The van der Waals surface area contributed by atoms with E-state index in [1.54, 1.807) is 6.20 Å². The third-order valence-electron chi connectivity index (χ3n) is 5.79. The van der Waals surface area contributed by atoms with E-state index in [4.69, 9.17) is 5.73 Å². The predicted octanol–water partition coefficient (Wildman–Crippen LogP) is -0.875. The van der Waals surface area contributed by atoms with Crippen LogP contribution in [0.3, 0.4) is 0 Å². The summed E-state index contributed by atoms with van der Waals surface area (Å²) in [5.74, 6) is -1.96. The van der Waals surface area contributed by atoms with Crippen LogP contribution in [0.1, 0.15) is 44.2 Å². The van der Waals surface area contributed by atoms with Crippen LogP contribution in [0.5, 0.6) is 0 Å². The van der Waals surface area contributed by atoms with Gasteiger partial charge in [-0.25, -0.2) is 9.78 Å². The summed E-state index contributed by atoms with van der Waals surface area (Å²) in [7, 11) is 0. The van der Waals surface area contributed by atoms with Crippen LogP contribution in [-0.4, -0.2) is 88.0 Å². The van der Waals surface area contributed by atoms with Gasteiger partial charge in [-0.05, 0) is 63.6 Å². The van der Waals surface area contributed by atoms with Crippen molar-refractivity contribution in [3.63, 3.8) is 0 Å². The molecule has 0 radical (unpaired) electrons. The minimum atomic E-state index is -1.13. The maximum atomic E-state index is 13.3. The second-order valence-corrected chi connectivity index (χ2v) is 9.50. The first-order chi connectivity index (χ1) is 16.8. The van der Waals surface area contributed by atoms with Crippen LogP contribution in [0.25, 0.3) is 0 Å². The van der Waals surface area contributed by atoms with Crippen LogP contribution >= 0.6 is 11.8 Å². The summed E-state index contributed by atoms with van der Waals surface area (Å²) >= 11 is 1.48. The third kappa shape index (κ3) is 9.86. The molecule has 4 atom stereocenters. The van der Waals surface area contributed by atoms with Crippen molar-refractivity contribution in [2.45, 2.75) is 69.1 Å². The first-order valence-corrected chi connectivity index (χ1v) is 13.3. The predicted molar refractivity (Wildman–Crippen MR) is 133 cm³/mol. The lowest BCUT2D eigenvalue weighted by molar-refractivity contribution is -0.142. The maximum Gasteiger partial charge on any atom is 0.326 e. The number of rotatable bonds is 16. The number of hydrogen-bond donors (Lipinski definition) is 7. The van der Waals surface area contributed by atoms with Crippen molar-refractivity contribution < 1.29 is 24.3 Å². The van der Waals surface area contributed by atoms with E-state index < -0.39 is 35.9 Å². The van der Waals surface area contributed by atoms with Gasteiger partial charge in [-0.15, -0.1) is 0 Å². The Balaban J connectivity index is 2.12. The fourth-order valence-electron chi connectivity index (χ4n) is 3.81. The molecule has 0 aromatic carbocycles. The number of thioether (sulfide) groups is 1. The summed E-state index contributed by atoms with van der Waals surface area (Å²) < 4.78 is 0. The Morgan fingerprint density at radius 1 is 1.14 bits per heavy atom. The van der Waals surface area contributed by atoms with Crippen LogP contribution < -0.4 is 27.0 Å². The van der Waals surface area contributed by atoms with E-state index in [2.05, 4.69) is 31.2 Å². The molecule has 4 unspecified atom stereocenters. The summed E-state index contributed by atoms with van der Waals surface area (Å²) in [6.45, 7) is 1.17. The number of nitrogens with zero attached hydrogens (tertiary/aromatic N) is 1. The van der Waals surface area contributed by atoms with Gasteiger partial charge in [-0.1, -0.05) is 0 Å². The Hall–Kier alpha value is -2.64. The fourth-order valence-corrected chi connectivity index (χ4v) is 4.28. The molecule has 1 fully saturated rings. The molecule has 13 heteroatoms. The number of imidazole rings is 1. The van der Waals surface area contributed by atoms with Crippen molar-refractivity contribution in [2.24, 2.45) is 5.73 Å². The number of nitrogens with two attached hydrogens (primary N) is 1. The lowest BCUT2D eigenvalue weighted by atomic mass is 10.1. The zero-order chi connectivity index (χ0) is 25.6. The molecule has 0 saturated carbocycles. The average molecular weight is 512 g/mol. The highest BCUT2D eigenvalue weighted by molar-refractivity contribution is 7.98. The van der Waals surface area contributed by atoms with E-state index in [9.17, 15) is 24.3 Å². The van der Waals surface area contributed by atoms with Gasteiger partial charge in [0.2, 0.25) is 17.7 Å². The lowest BCUT2D eigenvalue weighted by Crippen LogP contribution is -2.57. The summed E-state index contributed by atoms with van der Waals surface area (Å²) in [6.07, 6.45) is 8.39. The summed E-state index contributed by atoms with van der Waals surface area (Å²) in [5.41, 5.74) is 6.23. The molecule has 8 N–H and O–H groups in total. The van der Waals surface area contributed by atoms with Crippen molar-refractivity contribution in [3.05, 3.63) is 18.2 Å². The highest BCUT2D eigenvalue weighted by Gasteiger charge is 2.31. The maximum absolute atomic E-state index is 13.3. The van der Waals surface area contributed by atoms with Gasteiger partial charge in [-0.2, -0.15) is 11.8 Å². The van der Waals surface area contributed by atoms with Crippen molar-refractivity contribution in [2.75, 3.05) is 25.1 Å². The molecule has 35 heavy (non-hydrogen) atoms. The van der Waals surface area contributed by atoms with Crippen molar-refractivity contribution in [1.29, 1.82) is 0 Å². The Bertz CT molecular complexity index is 817. The average Bonchev–Trinajstić information content (AvgIpc) is 3.55. The highest BCUT2D eigenvalue weighted by Crippen LogP contribution is 2.09. The molecule has 1 aromatic heterocycles. The number of carbonyl (C=O) groups is 4. The Kier molecular flexibility index (Phi) is 12.6. The second kappa shape index (κ2) is 15.4. The molecule has 196 valence electrons. The molecule has 1 aliphatic rings. The SMILES string of the molecule is CSCCC(NC(=O)C(CCCCN)NC(=O)C(Cc1cnc[nH]1)NC(=O)C1CCCN1)C(=O)O.